The van der Waals surface area contributed by atoms with Gasteiger partial charge in [-0.3, -0.25) is 4.79 Å². The van der Waals surface area contributed by atoms with Crippen LogP contribution >= 0.6 is 15.9 Å². The van der Waals surface area contributed by atoms with Crippen molar-refractivity contribution in [2.75, 3.05) is 25.6 Å². The molecule has 0 radical (unpaired) electrons. The van der Waals surface area contributed by atoms with E-state index >= 15 is 0 Å². The Hall–Kier alpha value is -2.11. The first-order valence-corrected chi connectivity index (χ1v) is 10.1. The predicted molar refractivity (Wildman–Crippen MR) is 111 cm³/mol. The maximum atomic E-state index is 12.4. The number of methoxy groups -OCH3 is 1. The third-order valence-electron chi connectivity index (χ3n) is 5.45. The summed E-state index contributed by atoms with van der Waals surface area (Å²) in [6, 6.07) is 14.8. The third kappa shape index (κ3) is 3.66. The average molecular weight is 427 g/mol. The second-order valence-electron chi connectivity index (χ2n) is 7.08. The summed E-state index contributed by atoms with van der Waals surface area (Å²) in [6.45, 7) is 1.03. The van der Waals surface area contributed by atoms with E-state index in [0.29, 0.717) is 30.6 Å². The summed E-state index contributed by atoms with van der Waals surface area (Å²) in [5.41, 5.74) is 4.32. The van der Waals surface area contributed by atoms with Crippen molar-refractivity contribution in [2.45, 2.75) is 18.4 Å². The van der Waals surface area contributed by atoms with E-state index < -0.39 is 0 Å². The van der Waals surface area contributed by atoms with Crippen molar-refractivity contribution in [1.29, 1.82) is 0 Å². The summed E-state index contributed by atoms with van der Waals surface area (Å²) in [6.07, 6.45) is 5.61. The summed E-state index contributed by atoms with van der Waals surface area (Å²) >= 11 is 3.52. The van der Waals surface area contributed by atoms with Gasteiger partial charge in [0.15, 0.2) is 0 Å². The van der Waals surface area contributed by atoms with Crippen LogP contribution in [-0.2, 0) is 4.74 Å². The minimum atomic E-state index is -0.0524. The molecule has 3 atom stereocenters. The Kier molecular flexibility index (Phi) is 5.32. The molecule has 2 aromatic carbocycles. The van der Waals surface area contributed by atoms with E-state index in [0.717, 1.165) is 16.6 Å². The standard InChI is InChI=1S/C22H23BrN2O2/c1-27-12-11-24-22(26)15-7-10-20-19(13-15)17-3-2-4-18(17)21(25-20)14-5-8-16(23)9-6-14/h2-3,5-10,13,17-18,21,25H,4,11-12H2,1H3,(H,24,26)/t17-,18+,21+/m1/s1. The summed E-state index contributed by atoms with van der Waals surface area (Å²) in [7, 11) is 1.63. The molecule has 0 aromatic heterocycles. The van der Waals surface area contributed by atoms with Gasteiger partial charge in [0.2, 0.25) is 0 Å². The molecule has 2 aliphatic rings. The van der Waals surface area contributed by atoms with Crippen molar-refractivity contribution in [3.05, 3.63) is 75.8 Å². The molecule has 27 heavy (non-hydrogen) atoms. The van der Waals surface area contributed by atoms with Crippen molar-refractivity contribution in [1.82, 2.24) is 5.32 Å². The highest BCUT2D eigenvalue weighted by molar-refractivity contribution is 9.10. The molecule has 5 heteroatoms. The van der Waals surface area contributed by atoms with Gasteiger partial charge in [-0.15, -0.1) is 0 Å². The fraction of sp³-hybridized carbons (Fsp3) is 0.318. The number of nitrogens with one attached hydrogen (secondary N) is 2. The van der Waals surface area contributed by atoms with Crippen LogP contribution in [0.3, 0.4) is 0 Å². The smallest absolute Gasteiger partial charge is 0.251 e. The topological polar surface area (TPSA) is 50.4 Å². The highest BCUT2D eigenvalue weighted by Gasteiger charge is 2.38. The summed E-state index contributed by atoms with van der Waals surface area (Å²) in [5, 5.41) is 6.62. The first-order valence-electron chi connectivity index (χ1n) is 9.27. The number of carbonyl (C=O) groups is 1. The number of amides is 1. The van der Waals surface area contributed by atoms with Crippen molar-refractivity contribution < 1.29 is 9.53 Å². The third-order valence-corrected chi connectivity index (χ3v) is 5.97. The first kappa shape index (κ1) is 18.3. The van der Waals surface area contributed by atoms with E-state index in [9.17, 15) is 4.79 Å². The van der Waals surface area contributed by atoms with Crippen LogP contribution in [0.1, 0.15) is 39.9 Å². The van der Waals surface area contributed by atoms with Gasteiger partial charge >= 0.3 is 0 Å². The normalized spacial score (nSPS) is 22.7. The van der Waals surface area contributed by atoms with Gasteiger partial charge in [0.05, 0.1) is 12.6 Å². The van der Waals surface area contributed by atoms with Crippen LogP contribution in [-0.4, -0.2) is 26.2 Å². The lowest BCUT2D eigenvalue weighted by atomic mass is 9.76. The molecule has 4 nitrogen and oxygen atoms in total. The van der Waals surface area contributed by atoms with Gasteiger partial charge in [-0.25, -0.2) is 0 Å². The molecule has 2 N–H and O–H groups in total. The Balaban J connectivity index is 1.61. The van der Waals surface area contributed by atoms with E-state index in [-0.39, 0.29) is 11.9 Å². The van der Waals surface area contributed by atoms with Crippen LogP contribution in [0.5, 0.6) is 0 Å². The molecule has 0 bridgehead atoms. The number of fused-ring (bicyclic) bond motifs is 3. The highest BCUT2D eigenvalue weighted by atomic mass is 79.9. The van der Waals surface area contributed by atoms with Crippen molar-refractivity contribution >= 4 is 27.5 Å². The monoisotopic (exact) mass is 426 g/mol. The van der Waals surface area contributed by atoms with Crippen LogP contribution < -0.4 is 10.6 Å². The van der Waals surface area contributed by atoms with Crippen LogP contribution in [0, 0.1) is 5.92 Å². The fourth-order valence-corrected chi connectivity index (χ4v) is 4.37. The van der Waals surface area contributed by atoms with E-state index in [1.54, 1.807) is 7.11 Å². The van der Waals surface area contributed by atoms with Gasteiger partial charge in [-0.05, 0) is 53.8 Å². The maximum absolute atomic E-state index is 12.4. The van der Waals surface area contributed by atoms with Gasteiger partial charge in [0.25, 0.3) is 5.91 Å². The van der Waals surface area contributed by atoms with Gasteiger partial charge < -0.3 is 15.4 Å². The lowest BCUT2D eigenvalue weighted by Crippen LogP contribution is -2.30. The van der Waals surface area contributed by atoms with E-state index in [1.807, 2.05) is 18.2 Å². The number of allylic oxidation sites excluding steroid dienone is 2. The summed E-state index contributed by atoms with van der Waals surface area (Å²) in [4.78, 5) is 12.4. The minimum Gasteiger partial charge on any atom is -0.383 e. The van der Waals surface area contributed by atoms with Gasteiger partial charge in [-0.1, -0.05) is 40.2 Å². The van der Waals surface area contributed by atoms with Gasteiger partial charge in [0.1, 0.15) is 0 Å². The molecular formula is C22H23BrN2O2. The SMILES string of the molecule is COCCNC(=O)c1ccc2c(c1)[C@@H]1C=CC[C@@H]1[C@H](c1ccc(Br)cc1)N2. The molecular weight excluding hydrogens is 404 g/mol. The van der Waals surface area contributed by atoms with Gasteiger partial charge in [0, 0.05) is 35.3 Å². The lowest BCUT2D eigenvalue weighted by Gasteiger charge is -2.37. The van der Waals surface area contributed by atoms with E-state index in [1.165, 1.54) is 11.1 Å². The molecule has 0 spiro atoms. The molecule has 4 rings (SSSR count). The molecule has 1 aliphatic carbocycles. The molecule has 1 aliphatic heterocycles. The molecule has 1 heterocycles. The summed E-state index contributed by atoms with van der Waals surface area (Å²) in [5.74, 6) is 0.746. The van der Waals surface area contributed by atoms with Crippen molar-refractivity contribution in [3.8, 4) is 0 Å². The van der Waals surface area contributed by atoms with Crippen LogP contribution in [0.15, 0.2) is 59.1 Å². The molecule has 0 saturated heterocycles. The molecule has 2 aromatic rings. The number of anilines is 1. The minimum absolute atomic E-state index is 0.0524. The average Bonchev–Trinajstić information content (AvgIpc) is 3.18. The Labute approximate surface area is 168 Å². The Morgan fingerprint density at radius 1 is 1.26 bits per heavy atom. The number of rotatable bonds is 5. The zero-order valence-corrected chi connectivity index (χ0v) is 16.8. The number of halogens is 1. The van der Waals surface area contributed by atoms with Crippen LogP contribution in [0.2, 0.25) is 0 Å². The molecule has 0 unspecified atom stereocenters. The van der Waals surface area contributed by atoms with Crippen molar-refractivity contribution in [2.24, 2.45) is 5.92 Å². The Bertz CT molecular complexity index is 863. The fourth-order valence-electron chi connectivity index (χ4n) is 4.10. The molecule has 140 valence electrons. The first-order chi connectivity index (χ1) is 13.2. The number of hydrogen-bond acceptors (Lipinski definition) is 3. The Morgan fingerprint density at radius 3 is 2.85 bits per heavy atom. The number of hydrogen-bond donors (Lipinski definition) is 2. The number of carbonyl (C=O) groups excluding carboxylic acids is 1. The highest BCUT2D eigenvalue weighted by Crippen LogP contribution is 2.49. The second kappa shape index (κ2) is 7.87. The zero-order valence-electron chi connectivity index (χ0n) is 15.2. The van der Waals surface area contributed by atoms with E-state index in [2.05, 4.69) is 63.0 Å². The second-order valence-corrected chi connectivity index (χ2v) is 7.99. The van der Waals surface area contributed by atoms with Crippen molar-refractivity contribution in [3.63, 3.8) is 0 Å². The quantitative estimate of drug-likeness (QED) is 0.540. The van der Waals surface area contributed by atoms with Gasteiger partial charge in [-0.2, -0.15) is 0 Å². The maximum Gasteiger partial charge on any atom is 0.251 e. The van der Waals surface area contributed by atoms with Crippen LogP contribution in [0.25, 0.3) is 0 Å². The largest absolute Gasteiger partial charge is 0.383 e. The zero-order chi connectivity index (χ0) is 18.8. The molecule has 0 saturated carbocycles. The Morgan fingerprint density at radius 2 is 2.07 bits per heavy atom. The molecule has 1 amide bonds. The number of ether oxygens (including phenoxy) is 1. The predicted octanol–water partition coefficient (Wildman–Crippen LogP) is 4.65. The summed E-state index contributed by atoms with van der Waals surface area (Å²) < 4.78 is 6.09. The molecule has 0 fully saturated rings. The van der Waals surface area contributed by atoms with Crippen LogP contribution in [0.4, 0.5) is 5.69 Å². The number of benzene rings is 2. The van der Waals surface area contributed by atoms with E-state index in [4.69, 9.17) is 4.74 Å². The lowest BCUT2D eigenvalue weighted by molar-refractivity contribution is 0.0937.